The Bertz CT molecular complexity index is 830. The number of nitrogens with one attached hydrogen (secondary N) is 1. The Morgan fingerprint density at radius 2 is 1.91 bits per heavy atom. The molecule has 0 aliphatic rings. The van der Waals surface area contributed by atoms with Crippen LogP contribution in [0.25, 0.3) is 17.0 Å². The molecule has 0 amide bonds. The highest BCUT2D eigenvalue weighted by Crippen LogP contribution is 2.17. The molecule has 2 aromatic heterocycles. The first-order valence-electron chi connectivity index (χ1n) is 7.73. The summed E-state index contributed by atoms with van der Waals surface area (Å²) in [6.07, 6.45) is 4.19. The molecule has 0 saturated heterocycles. The minimum absolute atomic E-state index is 0.146. The van der Waals surface area contributed by atoms with E-state index in [9.17, 15) is 4.79 Å². The maximum Gasteiger partial charge on any atom is 0.266 e. The molecule has 0 aliphatic heterocycles. The summed E-state index contributed by atoms with van der Waals surface area (Å²) in [7, 11) is 0. The Morgan fingerprint density at radius 1 is 1.14 bits per heavy atom. The Labute approximate surface area is 129 Å². The molecule has 3 aromatic rings. The quantitative estimate of drug-likeness (QED) is 0.736. The first kappa shape index (κ1) is 14.5. The largest absolute Gasteiger partial charge is 0.268 e. The Balaban J connectivity index is 2.07. The van der Waals surface area contributed by atoms with Crippen LogP contribution in [0.1, 0.15) is 37.6 Å². The van der Waals surface area contributed by atoms with E-state index < -0.39 is 0 Å². The van der Waals surface area contributed by atoms with E-state index in [1.807, 2.05) is 24.3 Å². The minimum atomic E-state index is -0.146. The number of hydrogen-bond donors (Lipinski definition) is 1. The van der Waals surface area contributed by atoms with E-state index in [2.05, 4.69) is 28.9 Å². The Hall–Kier alpha value is -2.43. The molecule has 1 N–H and O–H groups in total. The normalized spacial score (nSPS) is 11.2. The molecule has 2 heterocycles. The van der Waals surface area contributed by atoms with Gasteiger partial charge in [-0.3, -0.25) is 9.89 Å². The second-order valence-electron chi connectivity index (χ2n) is 5.60. The summed E-state index contributed by atoms with van der Waals surface area (Å²) < 4.78 is 1.70. The van der Waals surface area contributed by atoms with Gasteiger partial charge in [-0.2, -0.15) is 0 Å². The highest BCUT2D eigenvalue weighted by molar-refractivity contribution is 5.58. The monoisotopic (exact) mass is 296 g/mol. The van der Waals surface area contributed by atoms with Crippen molar-refractivity contribution in [3.8, 4) is 11.4 Å². The molecule has 0 aliphatic carbocycles. The fourth-order valence-corrected chi connectivity index (χ4v) is 2.50. The number of hydrogen-bond acceptors (Lipinski definition) is 3. The van der Waals surface area contributed by atoms with E-state index in [4.69, 9.17) is 0 Å². The zero-order valence-electron chi connectivity index (χ0n) is 13.0. The van der Waals surface area contributed by atoms with Crippen molar-refractivity contribution in [1.82, 2.24) is 19.6 Å². The molecule has 0 radical (unpaired) electrons. The van der Waals surface area contributed by atoms with E-state index in [0.717, 1.165) is 37.1 Å². The zero-order chi connectivity index (χ0) is 15.5. The van der Waals surface area contributed by atoms with Crippen molar-refractivity contribution in [3.63, 3.8) is 0 Å². The van der Waals surface area contributed by atoms with Crippen LogP contribution < -0.4 is 5.56 Å². The van der Waals surface area contributed by atoms with Crippen molar-refractivity contribution in [2.24, 2.45) is 0 Å². The highest BCUT2D eigenvalue weighted by Gasteiger charge is 2.10. The molecular formula is C17H20N4O. The lowest BCUT2D eigenvalue weighted by atomic mass is 10.1. The predicted octanol–water partition coefficient (Wildman–Crippen LogP) is 3.13. The van der Waals surface area contributed by atoms with Gasteiger partial charge >= 0.3 is 0 Å². The summed E-state index contributed by atoms with van der Waals surface area (Å²) in [4.78, 5) is 20.8. The number of fused-ring (bicyclic) bond motifs is 1. The van der Waals surface area contributed by atoms with Crippen LogP contribution in [-0.4, -0.2) is 19.6 Å². The van der Waals surface area contributed by atoms with Crippen molar-refractivity contribution in [1.29, 1.82) is 0 Å². The number of H-pyrrole nitrogens is 1. The van der Waals surface area contributed by atoms with Crippen molar-refractivity contribution in [3.05, 3.63) is 52.1 Å². The summed E-state index contributed by atoms with van der Waals surface area (Å²) in [5.74, 6) is 1.53. The molecule has 0 bridgehead atoms. The molecule has 0 saturated carbocycles. The van der Waals surface area contributed by atoms with Gasteiger partial charge < -0.3 is 0 Å². The van der Waals surface area contributed by atoms with Gasteiger partial charge in [0, 0.05) is 18.1 Å². The highest BCUT2D eigenvalue weighted by atomic mass is 16.1. The van der Waals surface area contributed by atoms with Crippen LogP contribution in [0.15, 0.2) is 35.1 Å². The Kier molecular flexibility index (Phi) is 4.04. The lowest BCUT2D eigenvalue weighted by molar-refractivity contribution is 0.667. The van der Waals surface area contributed by atoms with Gasteiger partial charge in [0.15, 0.2) is 11.5 Å². The zero-order valence-corrected chi connectivity index (χ0v) is 13.0. The van der Waals surface area contributed by atoms with Crippen LogP contribution >= 0.6 is 0 Å². The number of aryl methyl sites for hydroxylation is 2. The first-order chi connectivity index (χ1) is 10.7. The second-order valence-corrected chi connectivity index (χ2v) is 5.60. The third-order valence-electron chi connectivity index (χ3n) is 3.74. The van der Waals surface area contributed by atoms with E-state index >= 15 is 0 Å². The van der Waals surface area contributed by atoms with Crippen molar-refractivity contribution >= 4 is 5.65 Å². The van der Waals surface area contributed by atoms with Gasteiger partial charge in [0.1, 0.15) is 5.82 Å². The van der Waals surface area contributed by atoms with Gasteiger partial charge in [-0.25, -0.2) is 14.5 Å². The van der Waals surface area contributed by atoms with Crippen LogP contribution in [0.2, 0.25) is 0 Å². The Morgan fingerprint density at radius 3 is 2.64 bits per heavy atom. The average molecular weight is 296 g/mol. The molecule has 22 heavy (non-hydrogen) atoms. The molecule has 0 atom stereocenters. The maximum atomic E-state index is 11.6. The van der Waals surface area contributed by atoms with Crippen LogP contribution in [0, 0.1) is 6.92 Å². The summed E-state index contributed by atoms with van der Waals surface area (Å²) in [6.45, 7) is 4.22. The molecule has 5 heteroatoms. The van der Waals surface area contributed by atoms with Gasteiger partial charge in [-0.05, 0) is 13.3 Å². The summed E-state index contributed by atoms with van der Waals surface area (Å²) in [5, 5.41) is 2.78. The lowest BCUT2D eigenvalue weighted by Gasteiger charge is -2.07. The van der Waals surface area contributed by atoms with Gasteiger partial charge in [-0.1, -0.05) is 49.6 Å². The fraction of sp³-hybridized carbons (Fsp3) is 0.353. The van der Waals surface area contributed by atoms with E-state index in [0.29, 0.717) is 11.5 Å². The number of unbranched alkanes of at least 4 members (excludes halogenated alkanes) is 2. The molecular weight excluding hydrogens is 276 g/mol. The number of aromatic amines is 1. The summed E-state index contributed by atoms with van der Waals surface area (Å²) in [5.41, 5.74) is 2.65. The van der Waals surface area contributed by atoms with Gasteiger partial charge in [0.2, 0.25) is 0 Å². The van der Waals surface area contributed by atoms with Crippen molar-refractivity contribution < 1.29 is 0 Å². The van der Waals surface area contributed by atoms with Crippen LogP contribution in [0.5, 0.6) is 0 Å². The van der Waals surface area contributed by atoms with E-state index in [1.54, 1.807) is 4.52 Å². The summed E-state index contributed by atoms with van der Waals surface area (Å²) in [6, 6.07) is 9.64. The third-order valence-corrected chi connectivity index (χ3v) is 3.74. The number of benzene rings is 1. The smallest absolute Gasteiger partial charge is 0.266 e. The predicted molar refractivity (Wildman–Crippen MR) is 87.0 cm³/mol. The van der Waals surface area contributed by atoms with Crippen LogP contribution in [0.3, 0.4) is 0 Å². The molecule has 0 fully saturated rings. The molecule has 0 spiro atoms. The van der Waals surface area contributed by atoms with E-state index in [-0.39, 0.29) is 5.56 Å². The fourth-order valence-electron chi connectivity index (χ4n) is 2.50. The molecule has 5 nitrogen and oxygen atoms in total. The average Bonchev–Trinajstić information content (AvgIpc) is 2.88. The van der Waals surface area contributed by atoms with E-state index in [1.165, 1.54) is 11.6 Å². The topological polar surface area (TPSA) is 63.0 Å². The number of rotatable bonds is 5. The molecule has 3 rings (SSSR count). The van der Waals surface area contributed by atoms with Crippen molar-refractivity contribution in [2.75, 3.05) is 0 Å². The first-order valence-corrected chi connectivity index (χ1v) is 7.73. The summed E-state index contributed by atoms with van der Waals surface area (Å²) >= 11 is 0. The van der Waals surface area contributed by atoms with Crippen LogP contribution in [-0.2, 0) is 6.42 Å². The third kappa shape index (κ3) is 2.93. The van der Waals surface area contributed by atoms with Gasteiger partial charge in [-0.15, -0.1) is 0 Å². The molecule has 1 aromatic carbocycles. The van der Waals surface area contributed by atoms with Gasteiger partial charge in [0.05, 0.1) is 0 Å². The SMILES string of the molecule is CCCCCc1nc(-c2ccc(C)cc2)nc2cc(=O)[nH]n12. The lowest BCUT2D eigenvalue weighted by Crippen LogP contribution is -2.08. The molecule has 114 valence electrons. The maximum absolute atomic E-state index is 11.6. The standard InChI is InChI=1S/C17H20N4O/c1-3-4-5-6-14-18-17(13-9-7-12(2)8-10-13)19-15-11-16(22)20-21(14)15/h7-11H,3-6H2,1-2H3,(H,20,22). The number of nitrogens with zero attached hydrogens (tertiary/aromatic N) is 3. The minimum Gasteiger partial charge on any atom is -0.268 e. The second kappa shape index (κ2) is 6.13. The molecule has 0 unspecified atom stereocenters. The van der Waals surface area contributed by atoms with Crippen molar-refractivity contribution in [2.45, 2.75) is 39.5 Å². The van der Waals surface area contributed by atoms with Crippen LogP contribution in [0.4, 0.5) is 0 Å². The number of aromatic nitrogens is 4. The van der Waals surface area contributed by atoms with Gasteiger partial charge in [0.25, 0.3) is 5.56 Å².